The Morgan fingerprint density at radius 3 is 1.43 bits per heavy atom. The Hall–Kier alpha value is -8.40. The molecule has 0 saturated carbocycles. The van der Waals surface area contributed by atoms with Crippen molar-refractivity contribution in [3.8, 4) is 50.2 Å². The maximum Gasteiger partial charge on any atom is 0.143 e. The molecule has 0 fully saturated rings. The number of nitrogens with zero attached hydrogens (tertiary/aromatic N) is 2. The quantitative estimate of drug-likeness (QED) is 0.153. The van der Waals surface area contributed by atoms with E-state index in [1.54, 1.807) is 0 Å². The number of para-hydroxylation sites is 5. The zero-order chi connectivity index (χ0) is 41.7. The highest BCUT2D eigenvalue weighted by Crippen LogP contribution is 2.43. The Bertz CT molecular complexity index is 3580. The summed E-state index contributed by atoms with van der Waals surface area (Å²) >= 11 is 0. The number of benzene rings is 10. The van der Waals surface area contributed by atoms with Crippen molar-refractivity contribution < 1.29 is 4.42 Å². The van der Waals surface area contributed by atoms with Gasteiger partial charge in [-0.2, -0.15) is 0 Å². The van der Waals surface area contributed by atoms with Crippen LogP contribution in [0.25, 0.3) is 93.9 Å². The van der Waals surface area contributed by atoms with E-state index < -0.39 is 0 Å². The molecular formula is C60H40N2O. The molecule has 0 spiro atoms. The van der Waals surface area contributed by atoms with Crippen LogP contribution in [0, 0.1) is 0 Å². The van der Waals surface area contributed by atoms with Gasteiger partial charge in [-0.05, 0) is 94.0 Å². The molecule has 296 valence electrons. The summed E-state index contributed by atoms with van der Waals surface area (Å²) in [4.78, 5) is 2.39. The predicted molar refractivity (Wildman–Crippen MR) is 264 cm³/mol. The fourth-order valence-corrected chi connectivity index (χ4v) is 9.45. The number of hydrogen-bond donors (Lipinski definition) is 0. The first-order valence-electron chi connectivity index (χ1n) is 21.5. The average molecular weight is 805 g/mol. The lowest BCUT2D eigenvalue weighted by Gasteiger charge is -2.27. The van der Waals surface area contributed by atoms with Crippen LogP contribution in [-0.2, 0) is 0 Å². The standard InChI is InChI=1S/C60H40N2O/c1-2-16-41(17-3-1)42-34-36-43(37-35-42)44-18-12-21-47(38-44)61(49-23-14-20-46(40-49)51-28-15-29-55-54-27-7-11-33-59(54)63-60(51)55)48-22-13-19-45(39-48)50-24-4-8-30-56(50)62-57-31-9-5-25-52(57)53-26-6-10-32-58(53)62/h1-40H. The molecule has 0 aliphatic rings. The van der Waals surface area contributed by atoms with E-state index in [0.29, 0.717) is 0 Å². The van der Waals surface area contributed by atoms with Crippen LogP contribution < -0.4 is 4.90 Å². The van der Waals surface area contributed by atoms with Crippen LogP contribution in [0.4, 0.5) is 17.1 Å². The minimum atomic E-state index is 0.893. The molecule has 12 aromatic rings. The maximum absolute atomic E-state index is 6.55. The number of fused-ring (bicyclic) bond motifs is 6. The molecule has 0 unspecified atom stereocenters. The van der Waals surface area contributed by atoms with Gasteiger partial charge in [0.1, 0.15) is 11.2 Å². The van der Waals surface area contributed by atoms with Crippen LogP contribution >= 0.6 is 0 Å². The fourth-order valence-electron chi connectivity index (χ4n) is 9.45. The smallest absolute Gasteiger partial charge is 0.143 e. The van der Waals surface area contributed by atoms with Crippen molar-refractivity contribution in [3.05, 3.63) is 243 Å². The van der Waals surface area contributed by atoms with Crippen molar-refractivity contribution in [2.24, 2.45) is 0 Å². The number of rotatable bonds is 8. The summed E-state index contributed by atoms with van der Waals surface area (Å²) in [6.07, 6.45) is 0. The van der Waals surface area contributed by atoms with Crippen molar-refractivity contribution in [2.45, 2.75) is 0 Å². The molecule has 0 aliphatic carbocycles. The molecule has 0 radical (unpaired) electrons. The van der Waals surface area contributed by atoms with E-state index >= 15 is 0 Å². The molecule has 0 N–H and O–H groups in total. The molecule has 3 nitrogen and oxygen atoms in total. The Morgan fingerprint density at radius 2 is 0.746 bits per heavy atom. The molecule has 0 saturated heterocycles. The van der Waals surface area contributed by atoms with Gasteiger partial charge in [0.05, 0.1) is 16.7 Å². The maximum atomic E-state index is 6.55. The van der Waals surface area contributed by atoms with Gasteiger partial charge in [0, 0.05) is 49.7 Å². The lowest BCUT2D eigenvalue weighted by molar-refractivity contribution is 0.670. The van der Waals surface area contributed by atoms with E-state index in [0.717, 1.165) is 78.1 Å². The van der Waals surface area contributed by atoms with E-state index in [-0.39, 0.29) is 0 Å². The largest absolute Gasteiger partial charge is 0.455 e. The zero-order valence-corrected chi connectivity index (χ0v) is 34.4. The summed E-state index contributed by atoms with van der Waals surface area (Å²) < 4.78 is 8.97. The fraction of sp³-hybridized carbons (Fsp3) is 0. The predicted octanol–water partition coefficient (Wildman–Crippen LogP) is 16.8. The van der Waals surface area contributed by atoms with E-state index in [1.165, 1.54) is 32.9 Å². The van der Waals surface area contributed by atoms with Crippen molar-refractivity contribution in [3.63, 3.8) is 0 Å². The van der Waals surface area contributed by atoms with Gasteiger partial charge in [-0.15, -0.1) is 0 Å². The third-order valence-electron chi connectivity index (χ3n) is 12.4. The van der Waals surface area contributed by atoms with E-state index in [1.807, 2.05) is 12.1 Å². The van der Waals surface area contributed by atoms with Crippen LogP contribution in [-0.4, -0.2) is 4.57 Å². The lowest BCUT2D eigenvalue weighted by Crippen LogP contribution is -2.10. The van der Waals surface area contributed by atoms with Gasteiger partial charge in [0.15, 0.2) is 0 Å². The van der Waals surface area contributed by atoms with Crippen molar-refractivity contribution in [2.75, 3.05) is 4.90 Å². The normalized spacial score (nSPS) is 11.5. The molecule has 12 rings (SSSR count). The minimum Gasteiger partial charge on any atom is -0.455 e. The van der Waals surface area contributed by atoms with Crippen LogP contribution in [0.15, 0.2) is 247 Å². The highest BCUT2D eigenvalue weighted by atomic mass is 16.3. The van der Waals surface area contributed by atoms with E-state index in [4.69, 9.17) is 4.42 Å². The van der Waals surface area contributed by atoms with Gasteiger partial charge in [-0.25, -0.2) is 0 Å². The van der Waals surface area contributed by atoms with Crippen molar-refractivity contribution >= 4 is 60.8 Å². The number of hydrogen-bond acceptors (Lipinski definition) is 2. The third-order valence-corrected chi connectivity index (χ3v) is 12.4. The van der Waals surface area contributed by atoms with Crippen molar-refractivity contribution in [1.82, 2.24) is 4.57 Å². The molecular weight excluding hydrogens is 765 g/mol. The van der Waals surface area contributed by atoms with E-state index in [2.05, 4.69) is 240 Å². The number of furan rings is 1. The summed E-state index contributed by atoms with van der Waals surface area (Å²) in [5, 5.41) is 4.73. The molecule has 0 bridgehead atoms. The Labute approximate surface area is 366 Å². The monoisotopic (exact) mass is 804 g/mol. The molecule has 2 heterocycles. The second-order valence-corrected chi connectivity index (χ2v) is 16.1. The molecule has 63 heavy (non-hydrogen) atoms. The van der Waals surface area contributed by atoms with Crippen LogP contribution in [0.2, 0.25) is 0 Å². The zero-order valence-electron chi connectivity index (χ0n) is 34.4. The van der Waals surface area contributed by atoms with E-state index in [9.17, 15) is 0 Å². The van der Waals surface area contributed by atoms with Crippen LogP contribution in [0.1, 0.15) is 0 Å². The average Bonchev–Trinajstić information content (AvgIpc) is 3.91. The Kier molecular flexibility index (Phi) is 8.83. The van der Waals surface area contributed by atoms with Crippen molar-refractivity contribution in [1.29, 1.82) is 0 Å². The molecule has 3 heteroatoms. The second-order valence-electron chi connectivity index (χ2n) is 16.1. The lowest BCUT2D eigenvalue weighted by atomic mass is 9.99. The molecule has 10 aromatic carbocycles. The van der Waals surface area contributed by atoms with Gasteiger partial charge in [0.25, 0.3) is 0 Å². The summed E-state index contributed by atoms with van der Waals surface area (Å²) in [5.41, 5.74) is 17.6. The molecule has 0 aliphatic heterocycles. The first-order chi connectivity index (χ1) is 31.2. The van der Waals surface area contributed by atoms with Gasteiger partial charge in [0.2, 0.25) is 0 Å². The molecule has 0 atom stereocenters. The summed E-state index contributed by atoms with van der Waals surface area (Å²) in [5.74, 6) is 0. The molecule has 0 amide bonds. The minimum absolute atomic E-state index is 0.893. The highest BCUT2D eigenvalue weighted by molar-refractivity contribution is 6.11. The first-order valence-corrected chi connectivity index (χ1v) is 21.5. The van der Waals surface area contributed by atoms with Gasteiger partial charge in [-0.1, -0.05) is 182 Å². The Balaban J connectivity index is 1.02. The third kappa shape index (κ3) is 6.38. The Morgan fingerprint density at radius 1 is 0.302 bits per heavy atom. The number of anilines is 3. The SMILES string of the molecule is c1ccc(-c2ccc(-c3cccc(N(c4cccc(-c5ccccc5-n5c6ccccc6c6ccccc65)c4)c4cccc(-c5cccc6c5oc5ccccc56)c4)c3)cc2)cc1. The van der Waals surface area contributed by atoms with Gasteiger partial charge < -0.3 is 13.9 Å². The topological polar surface area (TPSA) is 21.3 Å². The summed E-state index contributed by atoms with van der Waals surface area (Å²) in [6.45, 7) is 0. The van der Waals surface area contributed by atoms with Crippen LogP contribution in [0.3, 0.4) is 0 Å². The van der Waals surface area contributed by atoms with Gasteiger partial charge >= 0.3 is 0 Å². The van der Waals surface area contributed by atoms with Crippen LogP contribution in [0.5, 0.6) is 0 Å². The second kappa shape index (κ2) is 15.3. The first kappa shape index (κ1) is 36.5. The summed E-state index contributed by atoms with van der Waals surface area (Å²) in [7, 11) is 0. The number of aromatic nitrogens is 1. The summed E-state index contributed by atoms with van der Waals surface area (Å²) in [6, 6.07) is 87.1. The molecule has 2 aromatic heterocycles. The highest BCUT2D eigenvalue weighted by Gasteiger charge is 2.20. The van der Waals surface area contributed by atoms with Gasteiger partial charge in [-0.3, -0.25) is 0 Å².